The van der Waals surface area contributed by atoms with Gasteiger partial charge in [0.15, 0.2) is 17.4 Å². The van der Waals surface area contributed by atoms with Crippen molar-refractivity contribution in [2.45, 2.75) is 123 Å². The minimum Gasteiger partial charge on any atom is -0.420 e. The van der Waals surface area contributed by atoms with Gasteiger partial charge in [0.2, 0.25) is 0 Å². The number of hydrogen-bond acceptors (Lipinski definition) is 4. The number of aryl methyl sites for hydroxylation is 2. The van der Waals surface area contributed by atoms with Crippen LogP contribution in [0.2, 0.25) is 0 Å². The molecule has 0 unspecified atom stereocenters. The zero-order chi connectivity index (χ0) is 29.1. The molecule has 5 heteroatoms. The number of benzene rings is 2. The fourth-order valence-electron chi connectivity index (χ4n) is 5.08. The maximum Gasteiger partial charge on any atom is 0.343 e. The third kappa shape index (κ3) is 12.1. The molecule has 0 aliphatic heterocycles. The topological polar surface area (TPSA) is 52.1 Å². The summed E-state index contributed by atoms with van der Waals surface area (Å²) in [7, 11) is 0. The molecule has 0 saturated heterocycles. The summed E-state index contributed by atoms with van der Waals surface area (Å²) in [5.74, 6) is -0.515. The van der Waals surface area contributed by atoms with Gasteiger partial charge < -0.3 is 4.74 Å². The Kier molecular flexibility index (Phi) is 15.1. The van der Waals surface area contributed by atoms with Gasteiger partial charge in [-0.15, -0.1) is 0 Å². The summed E-state index contributed by atoms with van der Waals surface area (Å²) in [6.07, 6.45) is 24.6. The van der Waals surface area contributed by atoms with Gasteiger partial charge in [-0.2, -0.15) is 0 Å². The normalized spacial score (nSPS) is 11.1. The highest BCUT2D eigenvalue weighted by Gasteiger charge is 2.13. The van der Waals surface area contributed by atoms with Crippen LogP contribution in [0.15, 0.2) is 54.9 Å². The summed E-state index contributed by atoms with van der Waals surface area (Å²) in [6.45, 7) is 4.48. The zero-order valence-electron chi connectivity index (χ0n) is 25.3. The molecule has 0 N–H and O–H groups in total. The summed E-state index contributed by atoms with van der Waals surface area (Å²) < 4.78 is 20.0. The second kappa shape index (κ2) is 19.1. The summed E-state index contributed by atoms with van der Waals surface area (Å²) in [5.41, 5.74) is 3.26. The van der Waals surface area contributed by atoms with Crippen molar-refractivity contribution in [1.82, 2.24) is 9.97 Å². The average molecular weight is 561 g/mol. The number of carbonyl (C=O) groups excluding carboxylic acids is 1. The SMILES string of the molecule is CCCCCCCCCCc1ccc(OC(=O)c2ccc(-c3ncc(CCCCCCCCC)cn3)cc2)c(F)c1. The Balaban J connectivity index is 1.41. The van der Waals surface area contributed by atoms with Crippen LogP contribution in [0, 0.1) is 5.82 Å². The first-order valence-electron chi connectivity index (χ1n) is 16.0. The van der Waals surface area contributed by atoms with Gasteiger partial charge in [-0.25, -0.2) is 19.2 Å². The fraction of sp³-hybridized carbons (Fsp3) is 0.528. The minimum absolute atomic E-state index is 0.0429. The van der Waals surface area contributed by atoms with E-state index in [0.29, 0.717) is 11.4 Å². The first kappa shape index (κ1) is 32.4. The third-order valence-corrected chi connectivity index (χ3v) is 7.67. The molecular formula is C36H49FN2O2. The van der Waals surface area contributed by atoms with E-state index in [1.165, 1.54) is 83.1 Å². The van der Waals surface area contributed by atoms with Gasteiger partial charge in [0, 0.05) is 18.0 Å². The highest BCUT2D eigenvalue weighted by molar-refractivity contribution is 5.91. The van der Waals surface area contributed by atoms with E-state index in [1.54, 1.807) is 30.3 Å². The van der Waals surface area contributed by atoms with E-state index in [-0.39, 0.29) is 5.75 Å². The van der Waals surface area contributed by atoms with Crippen molar-refractivity contribution < 1.29 is 13.9 Å². The molecule has 0 aliphatic carbocycles. The van der Waals surface area contributed by atoms with Crippen LogP contribution in [0.3, 0.4) is 0 Å². The van der Waals surface area contributed by atoms with Crippen molar-refractivity contribution >= 4 is 5.97 Å². The third-order valence-electron chi connectivity index (χ3n) is 7.67. The molecular weight excluding hydrogens is 511 g/mol. The van der Waals surface area contributed by atoms with Gasteiger partial charge in [-0.05, 0) is 61.1 Å². The predicted octanol–water partition coefficient (Wildman–Crippen LogP) is 10.5. The van der Waals surface area contributed by atoms with Crippen LogP contribution >= 0.6 is 0 Å². The lowest BCUT2D eigenvalue weighted by atomic mass is 10.0. The molecule has 0 spiro atoms. The number of halogens is 1. The van der Waals surface area contributed by atoms with Crippen LogP contribution in [0.4, 0.5) is 4.39 Å². The Hall–Kier alpha value is -3.08. The van der Waals surface area contributed by atoms with Crippen LogP contribution in [0.1, 0.15) is 132 Å². The van der Waals surface area contributed by atoms with E-state index in [4.69, 9.17) is 4.74 Å². The Labute approximate surface area is 247 Å². The molecule has 0 saturated carbocycles. The Bertz CT molecular complexity index is 1150. The summed E-state index contributed by atoms with van der Waals surface area (Å²) in [6, 6.07) is 11.8. The maximum absolute atomic E-state index is 14.7. The van der Waals surface area contributed by atoms with E-state index in [9.17, 15) is 9.18 Å². The van der Waals surface area contributed by atoms with E-state index < -0.39 is 11.8 Å². The Morgan fingerprint density at radius 1 is 0.659 bits per heavy atom. The van der Waals surface area contributed by atoms with E-state index in [0.717, 1.165) is 48.8 Å². The largest absolute Gasteiger partial charge is 0.420 e. The smallest absolute Gasteiger partial charge is 0.343 e. The molecule has 1 aromatic heterocycles. The van der Waals surface area contributed by atoms with Crippen molar-refractivity contribution in [2.24, 2.45) is 0 Å². The number of rotatable bonds is 20. The standard InChI is InChI=1S/C36H49FN2O2/c1-3-5-7-9-11-13-14-16-18-29-20-25-34(33(37)26-29)41-36(40)32-23-21-31(22-24-32)35-38-27-30(28-39-35)19-17-15-12-10-8-6-4-2/h20-28H,3-19H2,1-2H3. The van der Waals surface area contributed by atoms with Crippen LogP contribution in [0.25, 0.3) is 11.4 Å². The fourth-order valence-corrected chi connectivity index (χ4v) is 5.08. The molecule has 0 radical (unpaired) electrons. The molecule has 0 aliphatic rings. The molecule has 0 bridgehead atoms. The number of esters is 1. The van der Waals surface area contributed by atoms with Gasteiger partial charge in [0.25, 0.3) is 0 Å². The van der Waals surface area contributed by atoms with Crippen molar-refractivity contribution in [1.29, 1.82) is 0 Å². The van der Waals surface area contributed by atoms with E-state index in [1.807, 2.05) is 18.5 Å². The number of aromatic nitrogens is 2. The maximum atomic E-state index is 14.7. The number of unbranched alkanes of at least 4 members (excludes halogenated alkanes) is 13. The van der Waals surface area contributed by atoms with Gasteiger partial charge in [-0.3, -0.25) is 0 Å². The second-order valence-electron chi connectivity index (χ2n) is 11.2. The van der Waals surface area contributed by atoms with Crippen molar-refractivity contribution in [3.05, 3.63) is 77.4 Å². The van der Waals surface area contributed by atoms with Crippen LogP contribution in [-0.2, 0) is 12.8 Å². The highest BCUT2D eigenvalue weighted by atomic mass is 19.1. The van der Waals surface area contributed by atoms with Gasteiger partial charge in [0.1, 0.15) is 0 Å². The summed E-state index contributed by atoms with van der Waals surface area (Å²) >= 11 is 0. The quantitative estimate of drug-likeness (QED) is 0.0783. The lowest BCUT2D eigenvalue weighted by Crippen LogP contribution is -2.09. The minimum atomic E-state index is -0.586. The molecule has 222 valence electrons. The summed E-state index contributed by atoms with van der Waals surface area (Å²) in [5, 5.41) is 0. The molecule has 3 rings (SSSR count). The molecule has 3 aromatic rings. The lowest BCUT2D eigenvalue weighted by molar-refractivity contribution is 0.0728. The number of hydrogen-bond donors (Lipinski definition) is 0. The number of ether oxygens (including phenoxy) is 1. The monoisotopic (exact) mass is 560 g/mol. The van der Waals surface area contributed by atoms with Crippen LogP contribution in [0.5, 0.6) is 5.75 Å². The van der Waals surface area contributed by atoms with Gasteiger partial charge >= 0.3 is 5.97 Å². The summed E-state index contributed by atoms with van der Waals surface area (Å²) in [4.78, 5) is 21.7. The Morgan fingerprint density at radius 3 is 1.71 bits per heavy atom. The Morgan fingerprint density at radius 2 is 1.17 bits per heavy atom. The molecule has 0 amide bonds. The molecule has 0 atom stereocenters. The second-order valence-corrected chi connectivity index (χ2v) is 11.2. The molecule has 41 heavy (non-hydrogen) atoms. The van der Waals surface area contributed by atoms with Crippen molar-refractivity contribution in [3.63, 3.8) is 0 Å². The van der Waals surface area contributed by atoms with E-state index >= 15 is 0 Å². The number of carbonyl (C=O) groups is 1. The molecule has 4 nitrogen and oxygen atoms in total. The van der Waals surface area contributed by atoms with Crippen molar-refractivity contribution in [3.8, 4) is 17.1 Å². The first-order chi connectivity index (χ1) is 20.1. The van der Waals surface area contributed by atoms with Gasteiger partial charge in [0.05, 0.1) is 5.56 Å². The van der Waals surface area contributed by atoms with Gasteiger partial charge in [-0.1, -0.05) is 116 Å². The number of nitrogens with zero attached hydrogens (tertiary/aromatic N) is 2. The zero-order valence-corrected chi connectivity index (χ0v) is 25.3. The van der Waals surface area contributed by atoms with Crippen molar-refractivity contribution in [2.75, 3.05) is 0 Å². The van der Waals surface area contributed by atoms with E-state index in [2.05, 4.69) is 23.8 Å². The average Bonchev–Trinajstić information content (AvgIpc) is 2.99. The predicted molar refractivity (Wildman–Crippen MR) is 167 cm³/mol. The first-order valence-corrected chi connectivity index (χ1v) is 16.0. The van der Waals surface area contributed by atoms with Crippen LogP contribution in [-0.4, -0.2) is 15.9 Å². The lowest BCUT2D eigenvalue weighted by Gasteiger charge is -2.08. The molecule has 2 aromatic carbocycles. The highest BCUT2D eigenvalue weighted by Crippen LogP contribution is 2.22. The molecule has 0 fully saturated rings. The molecule has 1 heterocycles. The van der Waals surface area contributed by atoms with Crippen LogP contribution < -0.4 is 4.74 Å².